The summed E-state index contributed by atoms with van der Waals surface area (Å²) in [6.45, 7) is 1.61. The van der Waals surface area contributed by atoms with E-state index < -0.39 is 52.2 Å². The molecule has 1 fully saturated rings. The van der Waals surface area contributed by atoms with Crippen LogP contribution in [-0.2, 0) is 14.4 Å². The van der Waals surface area contributed by atoms with Crippen LogP contribution in [0.1, 0.15) is 5.89 Å². The highest BCUT2D eigenvalue weighted by molar-refractivity contribution is 8.01. The van der Waals surface area contributed by atoms with Gasteiger partial charge in [-0.05, 0) is 17.3 Å². The summed E-state index contributed by atoms with van der Waals surface area (Å²) in [4.78, 5) is 36.9. The number of aryl methyl sites for hydroxylation is 1. The van der Waals surface area contributed by atoms with Crippen LogP contribution >= 0.6 is 35.3 Å². The second-order valence-corrected chi connectivity index (χ2v) is 8.89. The third-order valence-corrected chi connectivity index (χ3v) is 6.79. The number of thioether (sulfide) groups is 3. The number of nitrogens with one attached hydrogen (secondary N) is 1. The van der Waals surface area contributed by atoms with Crippen molar-refractivity contribution in [1.82, 2.24) is 20.4 Å². The van der Waals surface area contributed by atoms with E-state index in [1.807, 2.05) is 0 Å². The number of halogens is 3. The summed E-state index contributed by atoms with van der Waals surface area (Å²) < 4.78 is 41.8. The first-order chi connectivity index (χ1) is 13.6. The fourth-order valence-electron chi connectivity index (χ4n) is 2.64. The third-order valence-electron chi connectivity index (χ3n) is 3.81. The molecule has 3 heterocycles. The summed E-state index contributed by atoms with van der Waals surface area (Å²) in [6, 6.07) is -1.07. The van der Waals surface area contributed by atoms with Crippen molar-refractivity contribution in [2.24, 2.45) is 0 Å². The van der Waals surface area contributed by atoms with Crippen LogP contribution in [0.5, 0.6) is 0 Å². The Balaban J connectivity index is 1.66. The lowest BCUT2D eigenvalue weighted by Crippen LogP contribution is -2.70. The van der Waals surface area contributed by atoms with E-state index in [2.05, 4.69) is 15.5 Å². The van der Waals surface area contributed by atoms with Gasteiger partial charge in [-0.25, -0.2) is 4.79 Å². The Morgan fingerprint density at radius 2 is 2.14 bits per heavy atom. The van der Waals surface area contributed by atoms with Crippen molar-refractivity contribution in [3.8, 4) is 0 Å². The molecule has 2 aliphatic rings. The molecule has 3 rings (SSSR count). The highest BCUT2D eigenvalue weighted by Gasteiger charge is 2.54. The molecule has 1 unspecified atom stereocenters. The summed E-state index contributed by atoms with van der Waals surface area (Å²) in [5, 5.41) is 18.8. The molecule has 0 spiro atoms. The second kappa shape index (κ2) is 8.47. The Morgan fingerprint density at radius 3 is 2.72 bits per heavy atom. The second-order valence-electron chi connectivity index (χ2n) is 5.82. The molecular weight excluding hydrogens is 457 g/mol. The van der Waals surface area contributed by atoms with Crippen LogP contribution in [-0.4, -0.2) is 72.2 Å². The van der Waals surface area contributed by atoms with Gasteiger partial charge in [0.1, 0.15) is 17.1 Å². The van der Waals surface area contributed by atoms with Gasteiger partial charge in [-0.3, -0.25) is 14.5 Å². The van der Waals surface area contributed by atoms with E-state index in [1.54, 1.807) is 6.92 Å². The average molecular weight is 470 g/mol. The van der Waals surface area contributed by atoms with Crippen LogP contribution < -0.4 is 5.32 Å². The van der Waals surface area contributed by atoms with Crippen molar-refractivity contribution < 1.29 is 37.1 Å². The smallest absolute Gasteiger partial charge is 0.442 e. The van der Waals surface area contributed by atoms with Crippen molar-refractivity contribution in [3.05, 3.63) is 17.2 Å². The first-order valence-corrected chi connectivity index (χ1v) is 10.9. The van der Waals surface area contributed by atoms with E-state index in [9.17, 15) is 32.7 Å². The van der Waals surface area contributed by atoms with Gasteiger partial charge in [-0.2, -0.15) is 13.2 Å². The van der Waals surface area contributed by atoms with Crippen LogP contribution in [0.2, 0.25) is 0 Å². The van der Waals surface area contributed by atoms with Crippen LogP contribution in [0.3, 0.4) is 0 Å². The molecule has 9 nitrogen and oxygen atoms in total. The lowest BCUT2D eigenvalue weighted by Gasteiger charge is -2.49. The summed E-state index contributed by atoms with van der Waals surface area (Å²) in [5.41, 5.74) is -4.29. The van der Waals surface area contributed by atoms with Gasteiger partial charge in [-0.1, -0.05) is 11.8 Å². The number of fused-ring (bicyclic) bond motifs is 1. The number of nitrogens with zero attached hydrogens (tertiary/aromatic N) is 3. The molecule has 1 aromatic heterocycles. The van der Waals surface area contributed by atoms with E-state index in [0.29, 0.717) is 11.5 Å². The van der Waals surface area contributed by atoms with E-state index in [-0.39, 0.29) is 22.4 Å². The number of carboxylic acid groups (broad SMARTS) is 1. The van der Waals surface area contributed by atoms with E-state index >= 15 is 0 Å². The lowest BCUT2D eigenvalue weighted by atomic mass is 10.0. The Labute approximate surface area is 174 Å². The average Bonchev–Trinajstić information content (AvgIpc) is 3.06. The molecule has 1 aromatic rings. The summed E-state index contributed by atoms with van der Waals surface area (Å²) >= 11 is 1.84. The summed E-state index contributed by atoms with van der Waals surface area (Å²) in [5.74, 6) is -2.98. The molecule has 158 valence electrons. The van der Waals surface area contributed by atoms with Gasteiger partial charge in [-0.15, -0.1) is 22.0 Å². The molecule has 2 aliphatic heterocycles. The Hall–Kier alpha value is -1.87. The van der Waals surface area contributed by atoms with E-state index in [4.69, 9.17) is 4.42 Å². The number of hydrogen-bond acceptors (Lipinski definition) is 9. The van der Waals surface area contributed by atoms with Crippen molar-refractivity contribution in [3.63, 3.8) is 0 Å². The van der Waals surface area contributed by atoms with Crippen LogP contribution in [0, 0.1) is 6.92 Å². The molecule has 0 saturated carbocycles. The minimum atomic E-state index is -4.56. The number of aliphatic carboxylic acids is 1. The molecule has 29 heavy (non-hydrogen) atoms. The van der Waals surface area contributed by atoms with Crippen LogP contribution in [0.25, 0.3) is 0 Å². The molecule has 0 aliphatic carbocycles. The fraction of sp³-hybridized carbons (Fsp3) is 0.500. The molecule has 2 atom stereocenters. The van der Waals surface area contributed by atoms with Crippen molar-refractivity contribution in [2.75, 3.05) is 17.3 Å². The Morgan fingerprint density at radius 1 is 1.41 bits per heavy atom. The van der Waals surface area contributed by atoms with E-state index in [1.165, 1.54) is 11.8 Å². The van der Waals surface area contributed by atoms with Gasteiger partial charge in [0.15, 0.2) is 0 Å². The SMILES string of the molecule is Cc1nnc(SCC2=C(C(=O)O)N3C(=O)C(NC(=O)CSC(F)(F)F)[C@H]3SC2)o1. The maximum absolute atomic E-state index is 12.4. The number of carboxylic acids is 1. The van der Waals surface area contributed by atoms with Crippen molar-refractivity contribution in [2.45, 2.75) is 29.1 Å². The molecule has 2 amide bonds. The monoisotopic (exact) mass is 470 g/mol. The zero-order valence-electron chi connectivity index (χ0n) is 14.6. The van der Waals surface area contributed by atoms with Gasteiger partial charge >= 0.3 is 11.5 Å². The van der Waals surface area contributed by atoms with Gasteiger partial charge < -0.3 is 14.8 Å². The molecule has 15 heteroatoms. The number of amides is 2. The number of aromatic nitrogens is 2. The molecule has 1 saturated heterocycles. The maximum atomic E-state index is 12.4. The summed E-state index contributed by atoms with van der Waals surface area (Å²) in [6.07, 6.45) is 0. The fourth-order valence-corrected chi connectivity index (χ4v) is 5.31. The topological polar surface area (TPSA) is 126 Å². The quantitative estimate of drug-likeness (QED) is 0.447. The molecule has 0 bridgehead atoms. The highest BCUT2D eigenvalue weighted by Crippen LogP contribution is 2.41. The van der Waals surface area contributed by atoms with Gasteiger partial charge in [0.2, 0.25) is 11.8 Å². The van der Waals surface area contributed by atoms with Crippen molar-refractivity contribution in [1.29, 1.82) is 0 Å². The first kappa shape index (κ1) is 21.8. The number of rotatable bonds is 7. The van der Waals surface area contributed by atoms with Gasteiger partial charge in [0, 0.05) is 18.4 Å². The number of carbonyl (C=O) groups excluding carboxylic acids is 2. The number of alkyl halides is 3. The van der Waals surface area contributed by atoms with Gasteiger partial charge in [0.05, 0.1) is 5.75 Å². The number of carbonyl (C=O) groups is 3. The van der Waals surface area contributed by atoms with Crippen LogP contribution in [0.15, 0.2) is 20.9 Å². The standard InChI is InChI=1S/C14H13F3N4O5S3/c1-5-19-20-13(26-5)28-3-6-2-27-11-8(10(23)21(11)9(6)12(24)25)18-7(22)4-29-14(15,16)17/h8,11H,2-4H2,1H3,(H,18,22)(H,24,25)/t8?,11-/m1/s1. The minimum Gasteiger partial charge on any atom is -0.477 e. The largest absolute Gasteiger partial charge is 0.477 e. The van der Waals surface area contributed by atoms with Crippen LogP contribution in [0.4, 0.5) is 13.2 Å². The Bertz CT molecular complexity index is 875. The lowest BCUT2D eigenvalue weighted by molar-refractivity contribution is -0.150. The predicted octanol–water partition coefficient (Wildman–Crippen LogP) is 1.46. The Kier molecular flexibility index (Phi) is 6.38. The van der Waals surface area contributed by atoms with E-state index in [0.717, 1.165) is 16.7 Å². The zero-order valence-corrected chi connectivity index (χ0v) is 17.0. The third kappa shape index (κ3) is 5.01. The van der Waals surface area contributed by atoms with Gasteiger partial charge in [0.25, 0.3) is 11.1 Å². The number of β-lactam (4-membered cyclic amide) rings is 1. The molecule has 0 radical (unpaired) electrons. The normalized spacial score (nSPS) is 21.7. The molecule has 0 aromatic carbocycles. The predicted molar refractivity (Wildman–Crippen MR) is 98.0 cm³/mol. The molecular formula is C14H13F3N4O5S3. The zero-order chi connectivity index (χ0) is 21.3. The first-order valence-electron chi connectivity index (χ1n) is 7.90. The molecule has 2 N–H and O–H groups in total. The maximum Gasteiger partial charge on any atom is 0.442 e. The summed E-state index contributed by atoms with van der Waals surface area (Å²) in [7, 11) is 0. The number of hydrogen-bond donors (Lipinski definition) is 2. The van der Waals surface area contributed by atoms with Crippen molar-refractivity contribution >= 4 is 53.1 Å². The highest BCUT2D eigenvalue weighted by atomic mass is 32.2. The minimum absolute atomic E-state index is 0.197.